The third-order valence-electron chi connectivity index (χ3n) is 6.03. The molecule has 5 rings (SSSR count). The molecule has 0 saturated heterocycles. The smallest absolute Gasteiger partial charge is 0.404 e. The van der Waals surface area contributed by atoms with E-state index in [4.69, 9.17) is 22.1 Å². The Balaban J connectivity index is 1.34. The molecule has 1 fully saturated rings. The fraction of sp³-hybridized carbons (Fsp3) is 0.333. The number of carbonyl (C=O) groups is 2. The molecule has 2 aliphatic carbocycles. The van der Waals surface area contributed by atoms with E-state index in [0.29, 0.717) is 29.9 Å². The van der Waals surface area contributed by atoms with Crippen molar-refractivity contribution >= 4 is 41.2 Å². The van der Waals surface area contributed by atoms with Gasteiger partial charge in [0.05, 0.1) is 12.2 Å². The average molecular weight is 456 g/mol. The van der Waals surface area contributed by atoms with Crippen molar-refractivity contribution in [3.63, 3.8) is 0 Å². The highest BCUT2D eigenvalue weighted by atomic mass is 35.5. The molecule has 4 unspecified atom stereocenters. The number of ether oxygens (including phenoxy) is 1. The Morgan fingerprint density at radius 2 is 1.97 bits per heavy atom. The van der Waals surface area contributed by atoms with E-state index in [1.807, 2.05) is 18.2 Å². The van der Waals surface area contributed by atoms with Gasteiger partial charge in [0.15, 0.2) is 5.82 Å². The predicted octanol–water partition coefficient (Wildman–Crippen LogP) is 2.64. The lowest BCUT2D eigenvalue weighted by atomic mass is 9.98. The molecule has 2 aromatic rings. The van der Waals surface area contributed by atoms with Crippen LogP contribution >= 0.6 is 11.6 Å². The van der Waals surface area contributed by atoms with E-state index >= 15 is 0 Å². The van der Waals surface area contributed by atoms with Gasteiger partial charge in [-0.15, -0.1) is 0 Å². The van der Waals surface area contributed by atoms with Crippen LogP contribution in [0.5, 0.6) is 0 Å². The molecule has 32 heavy (non-hydrogen) atoms. The zero-order valence-electron chi connectivity index (χ0n) is 17.0. The number of hydrogen-bond donors (Lipinski definition) is 5. The number of urea groups is 1. The molecule has 2 bridgehead atoms. The van der Waals surface area contributed by atoms with Gasteiger partial charge in [0.1, 0.15) is 11.1 Å². The number of amides is 3. The maximum Gasteiger partial charge on any atom is 0.404 e. The summed E-state index contributed by atoms with van der Waals surface area (Å²) in [5.74, 6) is 1.12. The SMILES string of the molecule is NC(=O)OC1C2C=CC(C2)C1Nc1nc(Nc2ccc3c(c2)CNC(=O)NC3)ncc1Cl. The molecular weight excluding hydrogens is 434 g/mol. The summed E-state index contributed by atoms with van der Waals surface area (Å²) in [7, 11) is 0. The van der Waals surface area contributed by atoms with Crippen LogP contribution in [0.4, 0.5) is 27.0 Å². The van der Waals surface area contributed by atoms with Gasteiger partial charge in [0.2, 0.25) is 5.95 Å². The molecule has 3 aliphatic rings. The van der Waals surface area contributed by atoms with E-state index in [-0.39, 0.29) is 30.0 Å². The Morgan fingerprint density at radius 1 is 1.19 bits per heavy atom. The Bertz CT molecular complexity index is 1110. The van der Waals surface area contributed by atoms with Gasteiger partial charge in [-0.2, -0.15) is 4.98 Å². The normalized spacial score (nSPS) is 25.3. The number of benzene rings is 1. The second-order valence-corrected chi connectivity index (χ2v) is 8.46. The molecule has 1 aromatic heterocycles. The maximum absolute atomic E-state index is 11.6. The zero-order valence-corrected chi connectivity index (χ0v) is 17.7. The Labute approximate surface area is 189 Å². The molecule has 1 saturated carbocycles. The summed E-state index contributed by atoms with van der Waals surface area (Å²) in [5, 5.41) is 12.4. The molecule has 11 heteroatoms. The quantitative estimate of drug-likeness (QED) is 0.436. The first-order chi connectivity index (χ1) is 15.5. The second-order valence-electron chi connectivity index (χ2n) is 8.05. The molecule has 4 atom stereocenters. The molecule has 6 N–H and O–H groups in total. The van der Waals surface area contributed by atoms with Crippen LogP contribution < -0.4 is 27.0 Å². The highest BCUT2D eigenvalue weighted by Crippen LogP contribution is 2.43. The van der Waals surface area contributed by atoms with E-state index in [0.717, 1.165) is 23.2 Å². The maximum atomic E-state index is 11.6. The van der Waals surface area contributed by atoms with Gasteiger partial charge in [0, 0.05) is 30.6 Å². The Hall–Kier alpha value is -3.53. The van der Waals surface area contributed by atoms with Crippen molar-refractivity contribution < 1.29 is 14.3 Å². The molecule has 10 nitrogen and oxygen atoms in total. The number of hydrogen-bond acceptors (Lipinski definition) is 7. The number of primary amides is 1. The Morgan fingerprint density at radius 3 is 2.78 bits per heavy atom. The molecule has 3 amide bonds. The number of nitrogens with one attached hydrogen (secondary N) is 4. The summed E-state index contributed by atoms with van der Waals surface area (Å²) in [6.07, 6.45) is 5.39. The monoisotopic (exact) mass is 455 g/mol. The summed E-state index contributed by atoms with van der Waals surface area (Å²) < 4.78 is 5.35. The fourth-order valence-electron chi connectivity index (χ4n) is 4.53. The Kier molecular flexibility index (Phi) is 5.22. The van der Waals surface area contributed by atoms with Crippen LogP contribution in [-0.2, 0) is 17.8 Å². The summed E-state index contributed by atoms with van der Waals surface area (Å²) in [6, 6.07) is 5.43. The van der Waals surface area contributed by atoms with E-state index < -0.39 is 6.09 Å². The van der Waals surface area contributed by atoms with Crippen molar-refractivity contribution in [2.45, 2.75) is 31.7 Å². The summed E-state index contributed by atoms with van der Waals surface area (Å²) in [5.41, 5.74) is 8.09. The number of fused-ring (bicyclic) bond motifs is 3. The van der Waals surface area contributed by atoms with Crippen LogP contribution in [-0.4, -0.2) is 34.2 Å². The van der Waals surface area contributed by atoms with Crippen LogP contribution in [0, 0.1) is 11.8 Å². The lowest BCUT2D eigenvalue weighted by molar-refractivity contribution is 0.0853. The van der Waals surface area contributed by atoms with E-state index in [9.17, 15) is 9.59 Å². The van der Waals surface area contributed by atoms with E-state index in [2.05, 4.69) is 43.4 Å². The number of rotatable bonds is 5. The van der Waals surface area contributed by atoms with Crippen molar-refractivity contribution in [2.24, 2.45) is 17.6 Å². The first-order valence-electron chi connectivity index (χ1n) is 10.3. The van der Waals surface area contributed by atoms with Crippen molar-refractivity contribution in [3.05, 3.63) is 52.7 Å². The minimum Gasteiger partial charge on any atom is -0.444 e. The highest BCUT2D eigenvalue weighted by molar-refractivity contribution is 6.32. The van der Waals surface area contributed by atoms with E-state index in [1.165, 1.54) is 6.20 Å². The largest absolute Gasteiger partial charge is 0.444 e. The zero-order chi connectivity index (χ0) is 22.2. The number of nitrogens with zero attached hydrogens (tertiary/aromatic N) is 2. The third kappa shape index (κ3) is 4.01. The molecular formula is C21H22ClN7O3. The topological polar surface area (TPSA) is 143 Å². The second kappa shape index (κ2) is 8.19. The van der Waals surface area contributed by atoms with Crippen LogP contribution in [0.25, 0.3) is 0 Å². The minimum atomic E-state index is -0.798. The number of carbonyl (C=O) groups excluding carboxylic acids is 2. The first-order valence-corrected chi connectivity index (χ1v) is 10.7. The van der Waals surface area contributed by atoms with Gasteiger partial charge in [-0.05, 0) is 29.7 Å². The number of anilines is 3. The molecule has 1 aromatic carbocycles. The van der Waals surface area contributed by atoms with Crippen LogP contribution in [0.3, 0.4) is 0 Å². The average Bonchev–Trinajstić information content (AvgIpc) is 3.30. The lowest BCUT2D eigenvalue weighted by Crippen LogP contribution is -2.41. The summed E-state index contributed by atoms with van der Waals surface area (Å²) >= 11 is 6.35. The van der Waals surface area contributed by atoms with Crippen molar-refractivity contribution in [3.8, 4) is 0 Å². The highest BCUT2D eigenvalue weighted by Gasteiger charge is 2.47. The van der Waals surface area contributed by atoms with Gasteiger partial charge in [0.25, 0.3) is 0 Å². The van der Waals surface area contributed by atoms with Crippen molar-refractivity contribution in [1.29, 1.82) is 0 Å². The number of nitrogens with two attached hydrogens (primary N) is 1. The standard InChI is InChI=1S/C21H22ClN7O3/c22-15-9-24-20(27-14-4-3-12-7-25-21(31)26-8-13(12)6-14)29-18(15)28-16-10-1-2-11(5-10)17(16)32-19(23)30/h1-4,6,9-11,16-17H,5,7-8H2,(H2,23,30)(H2,25,26,31)(H2,24,27,28,29). The van der Waals surface area contributed by atoms with Crippen molar-refractivity contribution in [2.75, 3.05) is 10.6 Å². The van der Waals surface area contributed by atoms with Crippen LogP contribution in [0.15, 0.2) is 36.5 Å². The van der Waals surface area contributed by atoms with Crippen molar-refractivity contribution in [1.82, 2.24) is 20.6 Å². The molecule has 0 radical (unpaired) electrons. The minimum absolute atomic E-state index is 0.123. The molecule has 166 valence electrons. The number of halogens is 1. The van der Waals surface area contributed by atoms with Gasteiger partial charge < -0.3 is 31.7 Å². The summed E-state index contributed by atoms with van der Waals surface area (Å²) in [4.78, 5) is 31.7. The fourth-order valence-corrected chi connectivity index (χ4v) is 4.68. The number of aromatic nitrogens is 2. The lowest BCUT2D eigenvalue weighted by Gasteiger charge is -2.28. The van der Waals surface area contributed by atoms with Gasteiger partial charge in [-0.25, -0.2) is 14.6 Å². The van der Waals surface area contributed by atoms with E-state index in [1.54, 1.807) is 0 Å². The molecule has 1 aliphatic heterocycles. The third-order valence-corrected chi connectivity index (χ3v) is 6.30. The molecule has 0 spiro atoms. The summed E-state index contributed by atoms with van der Waals surface area (Å²) in [6.45, 7) is 0.906. The predicted molar refractivity (Wildman–Crippen MR) is 118 cm³/mol. The molecule has 2 heterocycles. The first kappa shape index (κ1) is 20.4. The van der Waals surface area contributed by atoms with Gasteiger partial charge in [-0.1, -0.05) is 29.8 Å². The van der Waals surface area contributed by atoms with Crippen LogP contribution in [0.2, 0.25) is 5.02 Å². The van der Waals surface area contributed by atoms with Gasteiger partial charge in [-0.3, -0.25) is 0 Å². The van der Waals surface area contributed by atoms with Gasteiger partial charge >= 0.3 is 12.1 Å². The van der Waals surface area contributed by atoms with Crippen LogP contribution in [0.1, 0.15) is 17.5 Å².